The Balaban J connectivity index is 1.40. The normalized spacial score (nSPS) is 16.3. The van der Waals surface area contributed by atoms with Crippen molar-refractivity contribution in [2.45, 2.75) is 26.7 Å². The molecule has 1 aromatic carbocycles. The molecule has 4 rings (SSSR count). The molecule has 0 radical (unpaired) electrons. The van der Waals surface area contributed by atoms with Gasteiger partial charge in [-0.2, -0.15) is 0 Å². The number of aromatic nitrogens is 4. The fourth-order valence-electron chi connectivity index (χ4n) is 3.67. The van der Waals surface area contributed by atoms with Crippen molar-refractivity contribution >= 4 is 23.2 Å². The number of benzene rings is 1. The van der Waals surface area contributed by atoms with E-state index < -0.39 is 0 Å². The smallest absolute Gasteiger partial charge is 0.229 e. The van der Waals surface area contributed by atoms with Gasteiger partial charge in [0.1, 0.15) is 5.82 Å². The quantitative estimate of drug-likeness (QED) is 0.657. The van der Waals surface area contributed by atoms with Crippen LogP contribution in [0.3, 0.4) is 0 Å². The molecule has 1 aliphatic heterocycles. The fraction of sp³-hybridized carbons (Fsp3) is 0.318. The summed E-state index contributed by atoms with van der Waals surface area (Å²) in [6.07, 6.45) is 5.31. The molecule has 3 aromatic rings. The Morgan fingerprint density at radius 1 is 1.07 bits per heavy atom. The van der Waals surface area contributed by atoms with Crippen LogP contribution in [0, 0.1) is 12.8 Å². The van der Waals surface area contributed by atoms with Gasteiger partial charge in [0, 0.05) is 36.7 Å². The van der Waals surface area contributed by atoms with E-state index in [1.165, 1.54) is 6.92 Å². The molecular weight excluding hydrogens is 380 g/mol. The van der Waals surface area contributed by atoms with E-state index >= 15 is 0 Å². The van der Waals surface area contributed by atoms with Crippen molar-refractivity contribution in [3.05, 3.63) is 60.2 Å². The lowest BCUT2D eigenvalue weighted by Gasteiger charge is -2.32. The first-order chi connectivity index (χ1) is 14.5. The number of piperidine rings is 1. The first-order valence-electron chi connectivity index (χ1n) is 10.0. The number of ketones is 1. The number of Topliss-reactive ketones (excluding diaryl/α,β-unsaturated/α-hetero) is 1. The molecular formula is C22H24N6O2. The molecule has 1 amide bonds. The van der Waals surface area contributed by atoms with Crippen LogP contribution >= 0.6 is 0 Å². The Kier molecular flexibility index (Phi) is 5.56. The van der Waals surface area contributed by atoms with Crippen LogP contribution in [0.25, 0.3) is 5.82 Å². The van der Waals surface area contributed by atoms with E-state index in [-0.39, 0.29) is 17.6 Å². The topological polar surface area (TPSA) is 93.0 Å². The Morgan fingerprint density at radius 3 is 2.43 bits per heavy atom. The monoisotopic (exact) mass is 404 g/mol. The van der Waals surface area contributed by atoms with E-state index in [9.17, 15) is 9.59 Å². The highest BCUT2D eigenvalue weighted by Gasteiger charge is 2.27. The standard InChI is InChI=1S/C22H24N6O2/c1-15(29)17-5-7-19(8-6-17)24-22(30)18-4-3-12-27(14-18)20-9-10-21(26-25-20)28-13-11-23-16(28)2/h5-11,13,18H,3-4,12,14H2,1-2H3,(H,24,30). The Labute approximate surface area is 175 Å². The molecule has 8 heteroatoms. The van der Waals surface area contributed by atoms with E-state index in [1.54, 1.807) is 30.5 Å². The minimum absolute atomic E-state index is 0.00567. The zero-order chi connectivity index (χ0) is 21.1. The van der Waals surface area contributed by atoms with Crippen LogP contribution in [0.2, 0.25) is 0 Å². The summed E-state index contributed by atoms with van der Waals surface area (Å²) < 4.78 is 1.88. The van der Waals surface area contributed by atoms with Gasteiger partial charge in [0.15, 0.2) is 17.4 Å². The molecule has 1 N–H and O–H groups in total. The lowest BCUT2D eigenvalue weighted by molar-refractivity contribution is -0.120. The maximum atomic E-state index is 12.8. The summed E-state index contributed by atoms with van der Waals surface area (Å²) in [4.78, 5) is 30.5. The van der Waals surface area contributed by atoms with E-state index in [0.29, 0.717) is 23.6 Å². The van der Waals surface area contributed by atoms with Gasteiger partial charge in [-0.05, 0) is 63.1 Å². The minimum atomic E-state index is -0.136. The van der Waals surface area contributed by atoms with Gasteiger partial charge in [0.25, 0.3) is 0 Å². The van der Waals surface area contributed by atoms with Crippen LogP contribution in [-0.4, -0.2) is 44.5 Å². The van der Waals surface area contributed by atoms with Crippen molar-refractivity contribution in [1.29, 1.82) is 0 Å². The molecule has 0 saturated carbocycles. The number of anilines is 2. The van der Waals surface area contributed by atoms with E-state index in [0.717, 1.165) is 31.0 Å². The molecule has 3 heterocycles. The number of hydrogen-bond acceptors (Lipinski definition) is 6. The highest BCUT2D eigenvalue weighted by Crippen LogP contribution is 2.23. The average molecular weight is 404 g/mol. The van der Waals surface area contributed by atoms with Crippen molar-refractivity contribution in [1.82, 2.24) is 19.7 Å². The number of aryl methyl sites for hydroxylation is 1. The lowest BCUT2D eigenvalue weighted by Crippen LogP contribution is -2.41. The predicted molar refractivity (Wildman–Crippen MR) is 114 cm³/mol. The Morgan fingerprint density at radius 2 is 1.80 bits per heavy atom. The SMILES string of the molecule is CC(=O)c1ccc(NC(=O)C2CCCN(c3ccc(-n4ccnc4C)nn3)C2)cc1. The van der Waals surface area contributed by atoms with Crippen LogP contribution in [0.1, 0.15) is 35.9 Å². The van der Waals surface area contributed by atoms with Crippen LogP contribution in [0.15, 0.2) is 48.8 Å². The summed E-state index contributed by atoms with van der Waals surface area (Å²) in [5.41, 5.74) is 1.33. The van der Waals surface area contributed by atoms with Crippen LogP contribution < -0.4 is 10.2 Å². The molecule has 1 atom stereocenters. The summed E-state index contributed by atoms with van der Waals surface area (Å²) in [5.74, 6) is 2.18. The maximum absolute atomic E-state index is 12.8. The largest absolute Gasteiger partial charge is 0.354 e. The van der Waals surface area contributed by atoms with E-state index in [1.807, 2.05) is 29.8 Å². The zero-order valence-corrected chi connectivity index (χ0v) is 17.1. The highest BCUT2D eigenvalue weighted by molar-refractivity contribution is 5.96. The number of carbonyl (C=O) groups excluding carboxylic acids is 2. The zero-order valence-electron chi connectivity index (χ0n) is 17.1. The van der Waals surface area contributed by atoms with Gasteiger partial charge in [-0.25, -0.2) is 4.98 Å². The van der Waals surface area contributed by atoms with E-state index in [2.05, 4.69) is 25.4 Å². The third-order valence-corrected chi connectivity index (χ3v) is 5.38. The molecule has 1 unspecified atom stereocenters. The van der Waals surface area contributed by atoms with Gasteiger partial charge in [-0.1, -0.05) is 0 Å². The van der Waals surface area contributed by atoms with Crippen molar-refractivity contribution in [2.75, 3.05) is 23.3 Å². The third kappa shape index (κ3) is 4.22. The van der Waals surface area contributed by atoms with Crippen molar-refractivity contribution in [3.63, 3.8) is 0 Å². The third-order valence-electron chi connectivity index (χ3n) is 5.38. The molecule has 8 nitrogen and oxygen atoms in total. The Bertz CT molecular complexity index is 1040. The number of carbonyl (C=O) groups is 2. The highest BCUT2D eigenvalue weighted by atomic mass is 16.2. The number of imidazole rings is 1. The first kappa shape index (κ1) is 19.8. The summed E-state index contributed by atoms with van der Waals surface area (Å²) in [6.45, 7) is 4.87. The molecule has 1 fully saturated rings. The molecule has 1 saturated heterocycles. The first-order valence-corrected chi connectivity index (χ1v) is 10.0. The second-order valence-corrected chi connectivity index (χ2v) is 7.50. The van der Waals surface area contributed by atoms with E-state index in [4.69, 9.17) is 0 Å². The molecule has 1 aliphatic rings. The number of amides is 1. The van der Waals surface area contributed by atoms with Gasteiger partial charge in [0.2, 0.25) is 5.91 Å². The molecule has 2 aromatic heterocycles. The van der Waals surface area contributed by atoms with Gasteiger partial charge in [-0.3, -0.25) is 14.2 Å². The number of hydrogen-bond donors (Lipinski definition) is 1. The van der Waals surface area contributed by atoms with Gasteiger partial charge in [0.05, 0.1) is 5.92 Å². The molecule has 30 heavy (non-hydrogen) atoms. The summed E-state index contributed by atoms with van der Waals surface area (Å²) in [5, 5.41) is 11.6. The van der Waals surface area contributed by atoms with Crippen LogP contribution in [-0.2, 0) is 4.79 Å². The molecule has 154 valence electrons. The maximum Gasteiger partial charge on any atom is 0.229 e. The molecule has 0 bridgehead atoms. The van der Waals surface area contributed by atoms with Crippen molar-refractivity contribution in [2.24, 2.45) is 5.92 Å². The second-order valence-electron chi connectivity index (χ2n) is 7.50. The number of nitrogens with zero attached hydrogens (tertiary/aromatic N) is 5. The number of rotatable bonds is 5. The van der Waals surface area contributed by atoms with Crippen molar-refractivity contribution in [3.8, 4) is 5.82 Å². The predicted octanol–water partition coefficient (Wildman–Crippen LogP) is 3.03. The minimum Gasteiger partial charge on any atom is -0.354 e. The summed E-state index contributed by atoms with van der Waals surface area (Å²) in [6, 6.07) is 10.8. The second kappa shape index (κ2) is 8.44. The van der Waals surface area contributed by atoms with Gasteiger partial charge >= 0.3 is 0 Å². The Hall–Kier alpha value is -3.55. The fourth-order valence-corrected chi connectivity index (χ4v) is 3.67. The molecule has 0 aliphatic carbocycles. The van der Waals surface area contributed by atoms with Crippen molar-refractivity contribution < 1.29 is 9.59 Å². The van der Waals surface area contributed by atoms with Gasteiger partial charge < -0.3 is 10.2 Å². The molecule has 0 spiro atoms. The van der Waals surface area contributed by atoms with Crippen LogP contribution in [0.4, 0.5) is 11.5 Å². The number of nitrogens with one attached hydrogen (secondary N) is 1. The summed E-state index contributed by atoms with van der Waals surface area (Å²) in [7, 11) is 0. The average Bonchev–Trinajstić information content (AvgIpc) is 3.20. The van der Waals surface area contributed by atoms with Crippen LogP contribution in [0.5, 0.6) is 0 Å². The lowest BCUT2D eigenvalue weighted by atomic mass is 9.97. The van der Waals surface area contributed by atoms with Gasteiger partial charge in [-0.15, -0.1) is 10.2 Å². The summed E-state index contributed by atoms with van der Waals surface area (Å²) >= 11 is 0.